The highest BCUT2D eigenvalue weighted by atomic mass is 16.2. The minimum Gasteiger partial charge on any atom is -0.363 e. The second kappa shape index (κ2) is 6.17. The fourth-order valence-corrected chi connectivity index (χ4v) is 2.23. The van der Waals surface area contributed by atoms with Gasteiger partial charge in [0.05, 0.1) is 18.3 Å². The number of nitrogens with one attached hydrogen (secondary N) is 1. The zero-order valence-electron chi connectivity index (χ0n) is 12.7. The fourth-order valence-electron chi connectivity index (χ4n) is 2.23. The Bertz CT molecular complexity index is 482. The summed E-state index contributed by atoms with van der Waals surface area (Å²) in [5.74, 6) is 1.76. The standard InChI is InChI=1S/C14H23N5O/c1-10(20)19(4)9-11-8-13(18(2)3)17-14(16-11)12-6-5-7-15-12/h8,12,15H,5-7,9H2,1-4H3/t12-/m1/s1. The van der Waals surface area contributed by atoms with Crippen LogP contribution in [0.25, 0.3) is 0 Å². The highest BCUT2D eigenvalue weighted by molar-refractivity contribution is 5.72. The summed E-state index contributed by atoms with van der Waals surface area (Å²) in [6.45, 7) is 3.09. The number of hydrogen-bond acceptors (Lipinski definition) is 5. The van der Waals surface area contributed by atoms with Crippen LogP contribution in [0.2, 0.25) is 0 Å². The summed E-state index contributed by atoms with van der Waals surface area (Å²) in [6, 6.07) is 2.18. The van der Waals surface area contributed by atoms with Crippen molar-refractivity contribution in [2.45, 2.75) is 32.4 Å². The van der Waals surface area contributed by atoms with Crippen LogP contribution in [0.15, 0.2) is 6.07 Å². The summed E-state index contributed by atoms with van der Waals surface area (Å²) in [6.07, 6.45) is 2.22. The first-order valence-corrected chi connectivity index (χ1v) is 6.97. The topological polar surface area (TPSA) is 61.4 Å². The van der Waals surface area contributed by atoms with Crippen molar-refractivity contribution in [3.63, 3.8) is 0 Å². The number of carbonyl (C=O) groups excluding carboxylic acids is 1. The van der Waals surface area contributed by atoms with Crippen molar-refractivity contribution >= 4 is 11.7 Å². The minimum absolute atomic E-state index is 0.0376. The van der Waals surface area contributed by atoms with Gasteiger partial charge in [-0.3, -0.25) is 4.79 Å². The van der Waals surface area contributed by atoms with E-state index < -0.39 is 0 Å². The van der Waals surface area contributed by atoms with Crippen molar-refractivity contribution in [1.29, 1.82) is 0 Å². The van der Waals surface area contributed by atoms with Crippen LogP contribution in [-0.2, 0) is 11.3 Å². The van der Waals surface area contributed by atoms with Gasteiger partial charge in [-0.1, -0.05) is 0 Å². The molecule has 6 nitrogen and oxygen atoms in total. The minimum atomic E-state index is 0.0376. The van der Waals surface area contributed by atoms with E-state index in [2.05, 4.69) is 15.3 Å². The SMILES string of the molecule is CC(=O)N(C)Cc1cc(N(C)C)nc([C@H]2CCCN2)n1. The molecule has 1 aromatic rings. The third-order valence-corrected chi connectivity index (χ3v) is 3.55. The first-order valence-electron chi connectivity index (χ1n) is 6.97. The van der Waals surface area contributed by atoms with E-state index in [0.717, 1.165) is 36.7 Å². The summed E-state index contributed by atoms with van der Waals surface area (Å²) in [7, 11) is 5.71. The van der Waals surface area contributed by atoms with Crippen LogP contribution in [0.3, 0.4) is 0 Å². The molecule has 0 bridgehead atoms. The molecular formula is C14H23N5O. The quantitative estimate of drug-likeness (QED) is 0.887. The van der Waals surface area contributed by atoms with E-state index in [1.807, 2.05) is 25.1 Å². The molecule has 1 aliphatic rings. The van der Waals surface area contributed by atoms with Crippen LogP contribution in [0.5, 0.6) is 0 Å². The molecule has 6 heteroatoms. The predicted octanol–water partition coefficient (Wildman–Crippen LogP) is 0.945. The molecule has 1 fully saturated rings. The van der Waals surface area contributed by atoms with E-state index >= 15 is 0 Å². The first kappa shape index (κ1) is 14.7. The van der Waals surface area contributed by atoms with E-state index in [4.69, 9.17) is 0 Å². The molecular weight excluding hydrogens is 254 g/mol. The van der Waals surface area contributed by atoms with Crippen molar-refractivity contribution in [1.82, 2.24) is 20.2 Å². The number of hydrogen-bond donors (Lipinski definition) is 1. The molecule has 0 aromatic carbocycles. The normalized spacial score (nSPS) is 18.1. The van der Waals surface area contributed by atoms with Crippen LogP contribution >= 0.6 is 0 Å². The zero-order valence-corrected chi connectivity index (χ0v) is 12.7. The van der Waals surface area contributed by atoms with Crippen LogP contribution in [0.1, 0.15) is 37.3 Å². The van der Waals surface area contributed by atoms with E-state index in [1.165, 1.54) is 0 Å². The molecule has 0 spiro atoms. The molecule has 0 radical (unpaired) electrons. The lowest BCUT2D eigenvalue weighted by Crippen LogP contribution is -2.25. The molecule has 2 heterocycles. The Morgan fingerprint density at radius 3 is 2.70 bits per heavy atom. The Labute approximate surface area is 120 Å². The number of nitrogens with zero attached hydrogens (tertiary/aromatic N) is 4. The van der Waals surface area contributed by atoms with Gasteiger partial charge in [-0.15, -0.1) is 0 Å². The lowest BCUT2D eigenvalue weighted by Gasteiger charge is -2.19. The van der Waals surface area contributed by atoms with Crippen molar-refractivity contribution in [3.8, 4) is 0 Å². The monoisotopic (exact) mass is 277 g/mol. The molecule has 0 saturated carbocycles. The fraction of sp³-hybridized carbons (Fsp3) is 0.643. The van der Waals surface area contributed by atoms with E-state index in [1.54, 1.807) is 18.9 Å². The third kappa shape index (κ3) is 3.45. The number of rotatable bonds is 4. The molecule has 1 aromatic heterocycles. The van der Waals surface area contributed by atoms with Gasteiger partial charge in [0.1, 0.15) is 11.6 Å². The lowest BCUT2D eigenvalue weighted by atomic mass is 10.2. The van der Waals surface area contributed by atoms with Gasteiger partial charge < -0.3 is 15.1 Å². The smallest absolute Gasteiger partial charge is 0.219 e. The van der Waals surface area contributed by atoms with Gasteiger partial charge in [0.2, 0.25) is 5.91 Å². The molecule has 1 N–H and O–H groups in total. The average molecular weight is 277 g/mol. The Kier molecular flexibility index (Phi) is 4.54. The Balaban J connectivity index is 2.28. The van der Waals surface area contributed by atoms with Gasteiger partial charge in [0, 0.05) is 34.1 Å². The van der Waals surface area contributed by atoms with Crippen molar-refractivity contribution in [2.24, 2.45) is 0 Å². The summed E-state index contributed by atoms with van der Waals surface area (Å²) in [4.78, 5) is 24.2. The molecule has 0 aliphatic carbocycles. The molecule has 2 rings (SSSR count). The van der Waals surface area contributed by atoms with Gasteiger partial charge in [0.25, 0.3) is 0 Å². The molecule has 1 saturated heterocycles. The summed E-state index contributed by atoms with van der Waals surface area (Å²) < 4.78 is 0. The maximum Gasteiger partial charge on any atom is 0.219 e. The maximum absolute atomic E-state index is 11.4. The van der Waals surface area contributed by atoms with Crippen molar-refractivity contribution in [2.75, 3.05) is 32.6 Å². The maximum atomic E-state index is 11.4. The van der Waals surface area contributed by atoms with Crippen molar-refractivity contribution in [3.05, 3.63) is 17.6 Å². The highest BCUT2D eigenvalue weighted by Crippen LogP contribution is 2.22. The van der Waals surface area contributed by atoms with Crippen LogP contribution in [0, 0.1) is 0 Å². The second-order valence-corrected chi connectivity index (χ2v) is 5.49. The molecule has 1 aliphatic heterocycles. The number of anilines is 1. The third-order valence-electron chi connectivity index (χ3n) is 3.55. The van der Waals surface area contributed by atoms with Gasteiger partial charge in [0.15, 0.2) is 0 Å². The number of aromatic nitrogens is 2. The summed E-state index contributed by atoms with van der Waals surface area (Å²) >= 11 is 0. The van der Waals surface area contributed by atoms with Gasteiger partial charge >= 0.3 is 0 Å². The molecule has 1 atom stereocenters. The second-order valence-electron chi connectivity index (χ2n) is 5.49. The van der Waals surface area contributed by atoms with Crippen molar-refractivity contribution < 1.29 is 4.79 Å². The summed E-state index contributed by atoms with van der Waals surface area (Å²) in [5.41, 5.74) is 0.880. The highest BCUT2D eigenvalue weighted by Gasteiger charge is 2.21. The van der Waals surface area contributed by atoms with Gasteiger partial charge in [-0.25, -0.2) is 9.97 Å². The van der Waals surface area contributed by atoms with Crippen LogP contribution in [0.4, 0.5) is 5.82 Å². The molecule has 20 heavy (non-hydrogen) atoms. The number of carbonyl (C=O) groups is 1. The van der Waals surface area contributed by atoms with E-state index in [0.29, 0.717) is 6.54 Å². The largest absolute Gasteiger partial charge is 0.363 e. The van der Waals surface area contributed by atoms with E-state index in [-0.39, 0.29) is 11.9 Å². The zero-order chi connectivity index (χ0) is 14.7. The Hall–Kier alpha value is -1.69. The number of amides is 1. The Morgan fingerprint density at radius 2 is 2.15 bits per heavy atom. The molecule has 1 amide bonds. The average Bonchev–Trinajstić information content (AvgIpc) is 2.92. The van der Waals surface area contributed by atoms with E-state index in [9.17, 15) is 4.79 Å². The summed E-state index contributed by atoms with van der Waals surface area (Å²) in [5, 5.41) is 3.42. The first-order chi connectivity index (χ1) is 9.47. The van der Waals surface area contributed by atoms with Crippen LogP contribution < -0.4 is 10.2 Å². The van der Waals surface area contributed by atoms with Crippen LogP contribution in [-0.4, -0.2) is 48.5 Å². The lowest BCUT2D eigenvalue weighted by molar-refractivity contribution is -0.128. The molecule has 0 unspecified atom stereocenters. The van der Waals surface area contributed by atoms with Gasteiger partial charge in [-0.05, 0) is 19.4 Å². The van der Waals surface area contributed by atoms with Gasteiger partial charge in [-0.2, -0.15) is 0 Å². The predicted molar refractivity (Wildman–Crippen MR) is 78.5 cm³/mol. The Morgan fingerprint density at radius 1 is 1.40 bits per heavy atom. The molecule has 110 valence electrons.